The van der Waals surface area contributed by atoms with E-state index >= 15 is 0 Å². The molecule has 1 saturated heterocycles. The van der Waals surface area contributed by atoms with Crippen LogP contribution in [0.15, 0.2) is 0 Å². The van der Waals surface area contributed by atoms with Gasteiger partial charge in [0, 0.05) is 22.0 Å². The van der Waals surface area contributed by atoms with Gasteiger partial charge in [0.05, 0.1) is 4.08 Å². The summed E-state index contributed by atoms with van der Waals surface area (Å²) >= 11 is 13.5. The Labute approximate surface area is 93.8 Å². The lowest BCUT2D eigenvalue weighted by molar-refractivity contribution is 0.521. The van der Waals surface area contributed by atoms with Gasteiger partial charge in [0.15, 0.2) is 0 Å². The largest absolute Gasteiger partial charge is 0.176 e. The van der Waals surface area contributed by atoms with Gasteiger partial charge in [0.25, 0.3) is 0 Å². The smallest absolute Gasteiger partial charge is 0.0737 e. The van der Waals surface area contributed by atoms with Gasteiger partial charge in [-0.05, 0) is 19.3 Å². The van der Waals surface area contributed by atoms with Gasteiger partial charge in [-0.2, -0.15) is 25.3 Å². The van der Waals surface area contributed by atoms with Crippen molar-refractivity contribution in [2.24, 2.45) is 0 Å². The highest BCUT2D eigenvalue weighted by atomic mass is 32.2. The molecule has 2 atom stereocenters. The first-order chi connectivity index (χ1) is 5.73. The topological polar surface area (TPSA) is 0 Å². The molecule has 1 heterocycles. The highest BCUT2D eigenvalue weighted by molar-refractivity contribution is 8.22. The number of thiol groups is 2. The van der Waals surface area contributed by atoms with Gasteiger partial charge in [-0.15, -0.1) is 23.5 Å². The van der Waals surface area contributed by atoms with E-state index in [9.17, 15) is 0 Å². The van der Waals surface area contributed by atoms with Crippen molar-refractivity contribution in [2.45, 2.75) is 33.8 Å². The van der Waals surface area contributed by atoms with Crippen LogP contribution in [0.25, 0.3) is 0 Å². The maximum absolute atomic E-state index is 4.71. The molecule has 2 fully saturated rings. The van der Waals surface area contributed by atoms with Gasteiger partial charge in [-0.1, -0.05) is 0 Å². The van der Waals surface area contributed by atoms with Crippen LogP contribution < -0.4 is 0 Å². The molecule has 12 heavy (non-hydrogen) atoms. The minimum absolute atomic E-state index is 0.424. The number of rotatable bonds is 0. The minimum Gasteiger partial charge on any atom is -0.176 e. The summed E-state index contributed by atoms with van der Waals surface area (Å²) in [5.74, 6) is 2.62. The van der Waals surface area contributed by atoms with E-state index in [0.29, 0.717) is 14.6 Å². The molecule has 0 aromatic heterocycles. The average Bonchev–Trinajstić information content (AvgIpc) is 2.48. The quantitative estimate of drug-likeness (QED) is 0.623. The summed E-state index contributed by atoms with van der Waals surface area (Å²) in [6.07, 6.45) is 3.75. The summed E-state index contributed by atoms with van der Waals surface area (Å²) in [6.45, 7) is 0. The lowest BCUT2D eigenvalue weighted by Crippen LogP contribution is -2.37. The Kier molecular flexibility index (Phi) is 3.21. The zero-order valence-corrected chi connectivity index (χ0v) is 10.3. The maximum Gasteiger partial charge on any atom is 0.0737 e. The molecule has 0 nitrogen and oxygen atoms in total. The van der Waals surface area contributed by atoms with Crippen LogP contribution in [0.2, 0.25) is 0 Å². The molecule has 1 aliphatic carbocycles. The predicted octanol–water partition coefficient (Wildman–Crippen LogP) is 2.94. The molecular weight excluding hydrogens is 224 g/mol. The summed E-state index contributed by atoms with van der Waals surface area (Å²) in [5.41, 5.74) is 0. The average molecular weight is 238 g/mol. The Morgan fingerprint density at radius 1 is 1.08 bits per heavy atom. The molecule has 0 aromatic rings. The first kappa shape index (κ1) is 9.94. The molecule has 1 aliphatic heterocycles. The Balaban J connectivity index is 2.09. The fourth-order valence-corrected chi connectivity index (χ4v) is 6.75. The van der Waals surface area contributed by atoms with E-state index in [0.717, 1.165) is 0 Å². The Bertz CT molecular complexity index is 164. The van der Waals surface area contributed by atoms with Crippen molar-refractivity contribution >= 4 is 48.8 Å². The van der Waals surface area contributed by atoms with Crippen molar-refractivity contribution in [1.29, 1.82) is 0 Å². The third kappa shape index (κ3) is 1.77. The summed E-state index contributed by atoms with van der Waals surface area (Å²) < 4.78 is 0.424. The second-order valence-electron chi connectivity index (χ2n) is 3.46. The van der Waals surface area contributed by atoms with E-state index in [1.54, 1.807) is 0 Å². The lowest BCUT2D eigenvalue weighted by atomic mass is 9.98. The van der Waals surface area contributed by atoms with Crippen LogP contribution in [0.4, 0.5) is 0 Å². The first-order valence-electron chi connectivity index (χ1n) is 4.37. The van der Waals surface area contributed by atoms with Crippen molar-refractivity contribution in [1.82, 2.24) is 0 Å². The minimum atomic E-state index is 0.424. The summed E-state index contributed by atoms with van der Waals surface area (Å²) in [4.78, 5) is 0. The lowest BCUT2D eigenvalue weighted by Gasteiger charge is -2.39. The Morgan fingerprint density at radius 3 is 2.42 bits per heavy atom. The van der Waals surface area contributed by atoms with Crippen molar-refractivity contribution < 1.29 is 0 Å². The standard InChI is InChI=1S/C8H14S4/c9-6-1-2-7(10)8(5-6)11-3-4-12-8/h6-7,9-10H,1-5H2. The van der Waals surface area contributed by atoms with Crippen LogP contribution in [0, 0.1) is 0 Å². The molecule has 4 heteroatoms. The summed E-state index contributed by atoms with van der Waals surface area (Å²) in [5, 5.41) is 1.21. The SMILES string of the molecule is SC1CCC(S)C2(C1)SCCS2. The molecule has 0 radical (unpaired) electrons. The molecule has 0 aromatic carbocycles. The summed E-state index contributed by atoms with van der Waals surface area (Å²) in [6, 6.07) is 0. The van der Waals surface area contributed by atoms with Gasteiger partial charge in [0.2, 0.25) is 0 Å². The summed E-state index contributed by atoms with van der Waals surface area (Å²) in [7, 11) is 0. The van der Waals surface area contributed by atoms with E-state index in [4.69, 9.17) is 12.6 Å². The van der Waals surface area contributed by atoms with Crippen LogP contribution >= 0.6 is 48.8 Å². The molecule has 0 N–H and O–H groups in total. The molecule has 2 unspecified atom stereocenters. The van der Waals surface area contributed by atoms with E-state index in [2.05, 4.69) is 36.2 Å². The molecule has 2 aliphatic rings. The Hall–Kier alpha value is 1.40. The van der Waals surface area contributed by atoms with Gasteiger partial charge in [-0.25, -0.2) is 0 Å². The molecule has 70 valence electrons. The fraction of sp³-hybridized carbons (Fsp3) is 1.00. The maximum atomic E-state index is 4.71. The third-order valence-corrected chi connectivity index (χ3v) is 7.73. The van der Waals surface area contributed by atoms with Gasteiger partial charge >= 0.3 is 0 Å². The Morgan fingerprint density at radius 2 is 1.75 bits per heavy atom. The van der Waals surface area contributed by atoms with Gasteiger partial charge in [-0.3, -0.25) is 0 Å². The normalized spacial score (nSPS) is 40.5. The van der Waals surface area contributed by atoms with Crippen LogP contribution in [-0.4, -0.2) is 26.1 Å². The molecule has 0 amide bonds. The second-order valence-corrected chi connectivity index (χ2v) is 7.92. The van der Waals surface area contributed by atoms with E-state index in [-0.39, 0.29) is 0 Å². The second kappa shape index (κ2) is 3.87. The van der Waals surface area contributed by atoms with Gasteiger partial charge < -0.3 is 0 Å². The third-order valence-electron chi connectivity index (χ3n) is 2.58. The van der Waals surface area contributed by atoms with E-state index < -0.39 is 0 Å². The molecule has 1 spiro atoms. The van der Waals surface area contributed by atoms with Crippen LogP contribution in [0.3, 0.4) is 0 Å². The molecular formula is C8H14S4. The number of hydrogen-bond donors (Lipinski definition) is 2. The monoisotopic (exact) mass is 238 g/mol. The zero-order chi connectivity index (χ0) is 8.60. The number of hydrogen-bond acceptors (Lipinski definition) is 4. The highest BCUT2D eigenvalue weighted by Gasteiger charge is 2.45. The fourth-order valence-electron chi connectivity index (χ4n) is 1.92. The van der Waals surface area contributed by atoms with Crippen LogP contribution in [-0.2, 0) is 0 Å². The van der Waals surface area contributed by atoms with Crippen molar-refractivity contribution in [2.75, 3.05) is 11.5 Å². The van der Waals surface area contributed by atoms with Crippen molar-refractivity contribution in [3.63, 3.8) is 0 Å². The molecule has 0 bridgehead atoms. The highest BCUT2D eigenvalue weighted by Crippen LogP contribution is 2.55. The molecule has 1 saturated carbocycles. The first-order valence-corrected chi connectivity index (χ1v) is 7.37. The van der Waals surface area contributed by atoms with Crippen molar-refractivity contribution in [3.05, 3.63) is 0 Å². The van der Waals surface area contributed by atoms with Crippen molar-refractivity contribution in [3.8, 4) is 0 Å². The van der Waals surface area contributed by atoms with Crippen LogP contribution in [0.1, 0.15) is 19.3 Å². The van der Waals surface area contributed by atoms with E-state index in [1.165, 1.54) is 30.8 Å². The van der Waals surface area contributed by atoms with Gasteiger partial charge in [0.1, 0.15) is 0 Å². The number of thioether (sulfide) groups is 2. The molecule has 2 rings (SSSR count). The zero-order valence-electron chi connectivity index (χ0n) is 6.90. The predicted molar refractivity (Wildman–Crippen MR) is 67.0 cm³/mol. The van der Waals surface area contributed by atoms with E-state index in [1.807, 2.05) is 0 Å². The van der Waals surface area contributed by atoms with Crippen LogP contribution in [0.5, 0.6) is 0 Å².